The van der Waals surface area contributed by atoms with Crippen LogP contribution in [0.3, 0.4) is 0 Å². The molecular weight excluding hydrogens is 150 g/mol. The molecule has 0 atom stereocenters. The van der Waals surface area contributed by atoms with Gasteiger partial charge >= 0.3 is 0 Å². The van der Waals surface area contributed by atoms with Gasteiger partial charge in [0.05, 0.1) is 5.69 Å². The topological polar surface area (TPSA) is 26.0 Å². The summed E-state index contributed by atoms with van der Waals surface area (Å²) in [6, 6.07) is 2.04. The summed E-state index contributed by atoms with van der Waals surface area (Å²) in [5.41, 5.74) is 1.05. The van der Waals surface area contributed by atoms with Crippen LogP contribution >= 0.6 is 0 Å². The van der Waals surface area contributed by atoms with Gasteiger partial charge in [-0.05, 0) is 5.92 Å². The standard InChI is InChI=1S/C9H15NO.CH4/c1-6(2)8-5-9(7(3)4)11-10-8;/h5-7H,1-4H3;1H4. The van der Waals surface area contributed by atoms with Crippen LogP contribution in [0, 0.1) is 0 Å². The van der Waals surface area contributed by atoms with Gasteiger partial charge in [-0.15, -0.1) is 0 Å². The molecule has 0 aliphatic rings. The molecule has 2 nitrogen and oxygen atoms in total. The van der Waals surface area contributed by atoms with Crippen molar-refractivity contribution in [2.45, 2.75) is 47.0 Å². The first-order chi connectivity index (χ1) is 5.11. The van der Waals surface area contributed by atoms with Gasteiger partial charge in [0.15, 0.2) is 0 Å². The van der Waals surface area contributed by atoms with Gasteiger partial charge in [0.25, 0.3) is 0 Å². The maximum absolute atomic E-state index is 5.14. The van der Waals surface area contributed by atoms with Crippen molar-refractivity contribution in [3.8, 4) is 0 Å². The predicted octanol–water partition coefficient (Wildman–Crippen LogP) is 3.56. The molecule has 0 fully saturated rings. The van der Waals surface area contributed by atoms with Crippen molar-refractivity contribution >= 4 is 0 Å². The van der Waals surface area contributed by atoms with Crippen molar-refractivity contribution in [2.75, 3.05) is 0 Å². The fraction of sp³-hybridized carbons (Fsp3) is 0.700. The molecule has 0 bridgehead atoms. The fourth-order valence-corrected chi connectivity index (χ4v) is 0.848. The Labute approximate surface area is 75.0 Å². The van der Waals surface area contributed by atoms with Crippen LogP contribution in [-0.2, 0) is 0 Å². The summed E-state index contributed by atoms with van der Waals surface area (Å²) in [5.74, 6) is 1.88. The molecule has 1 aromatic rings. The second-order valence-electron chi connectivity index (χ2n) is 3.46. The summed E-state index contributed by atoms with van der Waals surface area (Å²) < 4.78 is 5.14. The average molecular weight is 169 g/mol. The second kappa shape index (κ2) is 4.29. The van der Waals surface area contributed by atoms with Gasteiger partial charge in [-0.1, -0.05) is 40.3 Å². The van der Waals surface area contributed by atoms with Crippen molar-refractivity contribution in [3.63, 3.8) is 0 Å². The van der Waals surface area contributed by atoms with Gasteiger partial charge in [0.2, 0.25) is 0 Å². The SMILES string of the molecule is C.CC(C)c1cc(C(C)C)on1. The van der Waals surface area contributed by atoms with E-state index in [1.807, 2.05) is 6.07 Å². The fourth-order valence-electron chi connectivity index (χ4n) is 0.848. The number of nitrogens with zero attached hydrogens (tertiary/aromatic N) is 1. The smallest absolute Gasteiger partial charge is 0.139 e. The lowest BCUT2D eigenvalue weighted by Crippen LogP contribution is -1.85. The molecule has 12 heavy (non-hydrogen) atoms. The van der Waals surface area contributed by atoms with Crippen LogP contribution in [-0.4, -0.2) is 5.16 Å². The van der Waals surface area contributed by atoms with Crippen molar-refractivity contribution in [2.24, 2.45) is 0 Å². The van der Waals surface area contributed by atoms with Crippen LogP contribution in [0.15, 0.2) is 10.6 Å². The summed E-state index contributed by atoms with van der Waals surface area (Å²) in [4.78, 5) is 0. The van der Waals surface area contributed by atoms with Crippen LogP contribution in [0.2, 0.25) is 0 Å². The molecular formula is C10H19NO. The van der Waals surface area contributed by atoms with E-state index in [1.54, 1.807) is 0 Å². The first-order valence-electron chi connectivity index (χ1n) is 4.07. The minimum atomic E-state index is 0. The van der Waals surface area contributed by atoms with Crippen molar-refractivity contribution in [3.05, 3.63) is 17.5 Å². The van der Waals surface area contributed by atoms with Crippen LogP contribution in [0.25, 0.3) is 0 Å². The van der Waals surface area contributed by atoms with Crippen molar-refractivity contribution in [1.29, 1.82) is 0 Å². The van der Waals surface area contributed by atoms with E-state index in [0.717, 1.165) is 11.5 Å². The van der Waals surface area contributed by atoms with Gasteiger partial charge in [-0.2, -0.15) is 0 Å². The number of rotatable bonds is 2. The predicted molar refractivity (Wildman–Crippen MR) is 51.4 cm³/mol. The molecule has 2 heteroatoms. The highest BCUT2D eigenvalue weighted by atomic mass is 16.5. The lowest BCUT2D eigenvalue weighted by Gasteiger charge is -1.95. The largest absolute Gasteiger partial charge is 0.361 e. The quantitative estimate of drug-likeness (QED) is 0.676. The number of hydrogen-bond donors (Lipinski definition) is 0. The van der Waals surface area contributed by atoms with Gasteiger partial charge in [-0.25, -0.2) is 0 Å². The van der Waals surface area contributed by atoms with E-state index in [2.05, 4.69) is 32.9 Å². The minimum absolute atomic E-state index is 0. The zero-order chi connectivity index (χ0) is 8.43. The molecule has 0 unspecified atom stereocenters. The molecule has 0 aromatic carbocycles. The lowest BCUT2D eigenvalue weighted by molar-refractivity contribution is 0.363. The van der Waals surface area contributed by atoms with Crippen LogP contribution < -0.4 is 0 Å². The van der Waals surface area contributed by atoms with Gasteiger partial charge in [0.1, 0.15) is 5.76 Å². The van der Waals surface area contributed by atoms with Crippen LogP contribution in [0.5, 0.6) is 0 Å². The Morgan fingerprint density at radius 2 is 1.75 bits per heavy atom. The Morgan fingerprint density at radius 3 is 2.00 bits per heavy atom. The summed E-state index contributed by atoms with van der Waals surface area (Å²) in [6.45, 7) is 8.43. The van der Waals surface area contributed by atoms with Crippen molar-refractivity contribution in [1.82, 2.24) is 5.16 Å². The molecule has 0 radical (unpaired) electrons. The van der Waals surface area contributed by atoms with Crippen molar-refractivity contribution < 1.29 is 4.52 Å². The third kappa shape index (κ3) is 2.36. The number of hydrogen-bond acceptors (Lipinski definition) is 2. The highest BCUT2D eigenvalue weighted by Crippen LogP contribution is 2.19. The Bertz CT molecular complexity index is 203. The first-order valence-corrected chi connectivity index (χ1v) is 4.07. The molecule has 0 spiro atoms. The van der Waals surface area contributed by atoms with E-state index in [4.69, 9.17) is 4.52 Å². The van der Waals surface area contributed by atoms with E-state index < -0.39 is 0 Å². The molecule has 0 saturated carbocycles. The third-order valence-electron chi connectivity index (χ3n) is 1.71. The summed E-state index contributed by atoms with van der Waals surface area (Å²) in [6.07, 6.45) is 0. The van der Waals surface area contributed by atoms with E-state index in [-0.39, 0.29) is 7.43 Å². The molecule has 0 N–H and O–H groups in total. The summed E-state index contributed by atoms with van der Waals surface area (Å²) in [5, 5.41) is 3.96. The summed E-state index contributed by atoms with van der Waals surface area (Å²) in [7, 11) is 0. The Balaban J connectivity index is 0.00000121. The number of aromatic nitrogens is 1. The maximum atomic E-state index is 5.14. The van der Waals surface area contributed by atoms with Gasteiger partial charge in [-0.3, -0.25) is 0 Å². The lowest BCUT2D eigenvalue weighted by atomic mass is 10.1. The second-order valence-corrected chi connectivity index (χ2v) is 3.46. The van der Waals surface area contributed by atoms with Gasteiger partial charge < -0.3 is 4.52 Å². The van der Waals surface area contributed by atoms with Gasteiger partial charge in [0, 0.05) is 12.0 Å². The maximum Gasteiger partial charge on any atom is 0.139 e. The molecule has 1 rings (SSSR count). The molecule has 0 saturated heterocycles. The summed E-state index contributed by atoms with van der Waals surface area (Å²) >= 11 is 0. The highest BCUT2D eigenvalue weighted by Gasteiger charge is 2.09. The van der Waals surface area contributed by atoms with E-state index in [9.17, 15) is 0 Å². The normalized spacial score (nSPS) is 10.5. The molecule has 70 valence electrons. The van der Waals surface area contributed by atoms with Crippen LogP contribution in [0.1, 0.15) is 58.4 Å². The molecule has 1 aromatic heterocycles. The molecule has 0 amide bonds. The first kappa shape index (κ1) is 11.2. The monoisotopic (exact) mass is 169 g/mol. The Hall–Kier alpha value is -0.790. The van der Waals surface area contributed by atoms with E-state index >= 15 is 0 Å². The Kier molecular flexibility index (Phi) is 4.01. The third-order valence-corrected chi connectivity index (χ3v) is 1.71. The zero-order valence-electron chi connectivity index (χ0n) is 7.59. The average Bonchev–Trinajstić information content (AvgIpc) is 2.33. The van der Waals surface area contributed by atoms with Crippen LogP contribution in [0.4, 0.5) is 0 Å². The Morgan fingerprint density at radius 1 is 1.17 bits per heavy atom. The molecule has 0 aliphatic heterocycles. The highest BCUT2D eigenvalue weighted by molar-refractivity contribution is 5.11. The molecule has 1 heterocycles. The molecule has 0 aliphatic carbocycles. The minimum Gasteiger partial charge on any atom is -0.361 e. The van der Waals surface area contributed by atoms with E-state index in [1.165, 1.54) is 0 Å². The van der Waals surface area contributed by atoms with E-state index in [0.29, 0.717) is 11.8 Å². The zero-order valence-corrected chi connectivity index (χ0v) is 7.59.